The van der Waals surface area contributed by atoms with Crippen LogP contribution in [0.3, 0.4) is 0 Å². The fourth-order valence-electron chi connectivity index (χ4n) is 2.58. The Hall–Kier alpha value is -2.07. The van der Waals surface area contributed by atoms with Crippen LogP contribution in [-0.2, 0) is 0 Å². The minimum absolute atomic E-state index is 0.147. The lowest BCUT2D eigenvalue weighted by Gasteiger charge is -2.19. The van der Waals surface area contributed by atoms with Crippen molar-refractivity contribution in [1.29, 1.82) is 0 Å². The highest BCUT2D eigenvalue weighted by atomic mass is 16.5. The molecule has 1 aromatic heterocycles. The van der Waals surface area contributed by atoms with Crippen LogP contribution >= 0.6 is 0 Å². The van der Waals surface area contributed by atoms with Gasteiger partial charge in [-0.05, 0) is 24.6 Å². The number of pyridine rings is 1. The molecule has 1 aliphatic rings. The second kappa shape index (κ2) is 5.51. The first-order valence-corrected chi connectivity index (χ1v) is 6.84. The molecule has 0 saturated carbocycles. The first-order chi connectivity index (χ1) is 9.79. The van der Waals surface area contributed by atoms with Crippen LogP contribution in [0.5, 0.6) is 11.5 Å². The number of ether oxygens (including phenoxy) is 2. The van der Waals surface area contributed by atoms with Crippen molar-refractivity contribution in [3.8, 4) is 11.5 Å². The van der Waals surface area contributed by atoms with Crippen molar-refractivity contribution >= 4 is 0 Å². The Morgan fingerprint density at radius 1 is 1.40 bits per heavy atom. The van der Waals surface area contributed by atoms with Gasteiger partial charge in [0.05, 0.1) is 19.4 Å². The summed E-state index contributed by atoms with van der Waals surface area (Å²) in [6.45, 7) is 3.18. The number of hydrogen-bond acceptors (Lipinski definition) is 4. The van der Waals surface area contributed by atoms with E-state index in [9.17, 15) is 0 Å². The third-order valence-electron chi connectivity index (χ3n) is 3.60. The molecule has 20 heavy (non-hydrogen) atoms. The van der Waals surface area contributed by atoms with Crippen molar-refractivity contribution in [3.63, 3.8) is 0 Å². The Morgan fingerprint density at radius 3 is 3.10 bits per heavy atom. The summed E-state index contributed by atoms with van der Waals surface area (Å²) in [5, 5.41) is 0. The van der Waals surface area contributed by atoms with E-state index in [4.69, 9.17) is 15.2 Å². The van der Waals surface area contributed by atoms with Crippen molar-refractivity contribution in [3.05, 3.63) is 53.9 Å². The van der Waals surface area contributed by atoms with Gasteiger partial charge in [0.25, 0.3) is 0 Å². The van der Waals surface area contributed by atoms with Gasteiger partial charge >= 0.3 is 0 Å². The molecule has 3 rings (SSSR count). The Labute approximate surface area is 118 Å². The van der Waals surface area contributed by atoms with Gasteiger partial charge in [0.15, 0.2) is 0 Å². The van der Waals surface area contributed by atoms with Gasteiger partial charge in [0.2, 0.25) is 0 Å². The molecule has 0 aliphatic carbocycles. The molecule has 2 aromatic rings. The topological polar surface area (TPSA) is 57.4 Å². The third kappa shape index (κ3) is 2.34. The van der Waals surface area contributed by atoms with Crippen molar-refractivity contribution in [2.24, 2.45) is 5.73 Å². The molecule has 1 aromatic carbocycles. The average molecular weight is 270 g/mol. The molecule has 104 valence electrons. The van der Waals surface area contributed by atoms with Gasteiger partial charge < -0.3 is 15.2 Å². The van der Waals surface area contributed by atoms with Crippen LogP contribution in [0, 0.1) is 0 Å². The van der Waals surface area contributed by atoms with E-state index >= 15 is 0 Å². The zero-order valence-electron chi connectivity index (χ0n) is 11.5. The summed E-state index contributed by atoms with van der Waals surface area (Å²) in [6, 6.07) is 9.87. The van der Waals surface area contributed by atoms with Crippen molar-refractivity contribution in [2.45, 2.75) is 18.9 Å². The summed E-state index contributed by atoms with van der Waals surface area (Å²) >= 11 is 0. The predicted molar refractivity (Wildman–Crippen MR) is 77.0 cm³/mol. The van der Waals surface area contributed by atoms with Gasteiger partial charge in [-0.25, -0.2) is 0 Å². The van der Waals surface area contributed by atoms with E-state index in [1.54, 1.807) is 12.4 Å². The van der Waals surface area contributed by atoms with E-state index in [0.29, 0.717) is 13.2 Å². The lowest BCUT2D eigenvalue weighted by atomic mass is 9.90. The number of aromatic nitrogens is 1. The van der Waals surface area contributed by atoms with E-state index in [1.165, 1.54) is 5.56 Å². The molecule has 1 aliphatic heterocycles. The van der Waals surface area contributed by atoms with Gasteiger partial charge in [0.1, 0.15) is 11.5 Å². The smallest absolute Gasteiger partial charge is 0.137 e. The molecule has 2 heterocycles. The van der Waals surface area contributed by atoms with Crippen LogP contribution in [0.15, 0.2) is 42.7 Å². The number of benzene rings is 1. The highest BCUT2D eigenvalue weighted by Gasteiger charge is 2.30. The normalized spacial score (nSPS) is 18.2. The maximum atomic E-state index is 6.40. The number of para-hydroxylation sites is 1. The Morgan fingerprint density at radius 2 is 2.25 bits per heavy atom. The number of nitrogens with two attached hydrogens (primary N) is 1. The third-order valence-corrected chi connectivity index (χ3v) is 3.60. The minimum atomic E-state index is -0.147. The summed E-state index contributed by atoms with van der Waals surface area (Å²) in [7, 11) is 0. The first-order valence-electron chi connectivity index (χ1n) is 6.84. The lowest BCUT2D eigenvalue weighted by Crippen LogP contribution is -2.21. The average Bonchev–Trinajstić information content (AvgIpc) is 2.91. The number of rotatable bonds is 4. The summed E-state index contributed by atoms with van der Waals surface area (Å²) in [4.78, 5) is 4.21. The largest absolute Gasteiger partial charge is 0.493 e. The molecular weight excluding hydrogens is 252 g/mol. The second-order valence-corrected chi connectivity index (χ2v) is 4.87. The number of hydrogen-bond donors (Lipinski definition) is 1. The van der Waals surface area contributed by atoms with Gasteiger partial charge in [-0.1, -0.05) is 18.2 Å². The molecule has 0 fully saturated rings. The molecule has 0 spiro atoms. The fourth-order valence-corrected chi connectivity index (χ4v) is 2.58. The summed E-state index contributed by atoms with van der Waals surface area (Å²) in [5.41, 5.74) is 8.55. The molecule has 4 heteroatoms. The molecule has 2 atom stereocenters. The van der Waals surface area contributed by atoms with Gasteiger partial charge in [-0.3, -0.25) is 4.98 Å². The van der Waals surface area contributed by atoms with Gasteiger partial charge in [0, 0.05) is 23.7 Å². The van der Waals surface area contributed by atoms with E-state index < -0.39 is 0 Å². The van der Waals surface area contributed by atoms with E-state index in [-0.39, 0.29) is 12.0 Å². The Balaban J connectivity index is 1.86. The summed E-state index contributed by atoms with van der Waals surface area (Å²) < 4.78 is 11.2. The molecule has 0 bridgehead atoms. The van der Waals surface area contributed by atoms with Crippen molar-refractivity contribution in [1.82, 2.24) is 4.98 Å². The van der Waals surface area contributed by atoms with E-state index in [1.807, 2.05) is 31.2 Å². The van der Waals surface area contributed by atoms with Crippen LogP contribution in [0.4, 0.5) is 0 Å². The van der Waals surface area contributed by atoms with E-state index in [0.717, 1.165) is 17.1 Å². The summed E-state index contributed by atoms with van der Waals surface area (Å²) in [6.07, 6.45) is 3.51. The molecule has 2 N–H and O–H groups in total. The molecule has 0 amide bonds. The maximum absolute atomic E-state index is 6.40. The zero-order valence-corrected chi connectivity index (χ0v) is 11.5. The molecular formula is C16H18N2O2. The predicted octanol–water partition coefficient (Wildman–Crippen LogP) is 2.66. The van der Waals surface area contributed by atoms with Crippen LogP contribution in [0.1, 0.15) is 30.0 Å². The van der Waals surface area contributed by atoms with Crippen LogP contribution in [-0.4, -0.2) is 18.2 Å². The van der Waals surface area contributed by atoms with Gasteiger partial charge in [-0.2, -0.15) is 0 Å². The first kappa shape index (κ1) is 12.9. The standard InChI is InChI=1S/C16H18N2O2/c1-2-19-12-7-11(8-18-9-12)16(17)14-10-20-15-6-4-3-5-13(14)15/h3-9,14,16H,2,10,17H2,1H3. The van der Waals surface area contributed by atoms with Crippen LogP contribution in [0.25, 0.3) is 0 Å². The van der Waals surface area contributed by atoms with Crippen molar-refractivity contribution < 1.29 is 9.47 Å². The Bertz CT molecular complexity index is 601. The quantitative estimate of drug-likeness (QED) is 0.928. The van der Waals surface area contributed by atoms with Gasteiger partial charge in [-0.15, -0.1) is 0 Å². The molecule has 4 nitrogen and oxygen atoms in total. The second-order valence-electron chi connectivity index (χ2n) is 4.87. The van der Waals surface area contributed by atoms with E-state index in [2.05, 4.69) is 11.1 Å². The number of nitrogens with zero attached hydrogens (tertiary/aromatic N) is 1. The van der Waals surface area contributed by atoms with Crippen molar-refractivity contribution in [2.75, 3.05) is 13.2 Å². The SMILES string of the molecule is CCOc1cncc(C(N)C2COc3ccccc32)c1. The molecule has 0 radical (unpaired) electrons. The number of fused-ring (bicyclic) bond motifs is 1. The minimum Gasteiger partial charge on any atom is -0.493 e. The monoisotopic (exact) mass is 270 g/mol. The zero-order chi connectivity index (χ0) is 13.9. The summed E-state index contributed by atoms with van der Waals surface area (Å²) in [5.74, 6) is 1.85. The lowest BCUT2D eigenvalue weighted by molar-refractivity contribution is 0.313. The maximum Gasteiger partial charge on any atom is 0.137 e. The highest BCUT2D eigenvalue weighted by molar-refractivity contribution is 5.42. The molecule has 2 unspecified atom stereocenters. The fraction of sp³-hybridized carbons (Fsp3) is 0.312. The Kier molecular flexibility index (Phi) is 3.56. The molecule has 0 saturated heterocycles. The highest BCUT2D eigenvalue weighted by Crippen LogP contribution is 2.40. The van der Waals surface area contributed by atoms with Crippen LogP contribution < -0.4 is 15.2 Å². The van der Waals surface area contributed by atoms with Crippen LogP contribution in [0.2, 0.25) is 0 Å².